The van der Waals surface area contributed by atoms with Crippen LogP contribution in [0.3, 0.4) is 0 Å². The predicted octanol–water partition coefficient (Wildman–Crippen LogP) is 5.27. The van der Waals surface area contributed by atoms with E-state index in [-0.39, 0.29) is 11.2 Å². The minimum atomic E-state index is -0.452. The third-order valence-electron chi connectivity index (χ3n) is 5.02. The van der Waals surface area contributed by atoms with Gasteiger partial charge in [0.05, 0.1) is 25.2 Å². The molecule has 0 aliphatic heterocycles. The molecule has 0 atom stereocenters. The fraction of sp³-hybridized carbons (Fsp3) is 0.154. The number of aryl methyl sites for hydroxylation is 1. The Kier molecular flexibility index (Phi) is 6.31. The highest BCUT2D eigenvalue weighted by Crippen LogP contribution is 2.28. The van der Waals surface area contributed by atoms with Crippen molar-refractivity contribution in [2.45, 2.75) is 13.5 Å². The second kappa shape index (κ2) is 9.48. The van der Waals surface area contributed by atoms with Crippen molar-refractivity contribution in [1.29, 1.82) is 0 Å². The highest BCUT2D eigenvalue weighted by atomic mass is 16.5. The molecule has 0 bridgehead atoms. The standard InChI is InChI=1S/C26H22O7/c1-16-25(33-19-9-7-18(8-10-19)26(28)30-3)24(27)22-12-11-21(14-23(22)32-16)31-15-17-5-4-6-20(13-17)29-2/h4-14H,15H2,1-3H3. The molecular weight excluding hydrogens is 424 g/mol. The summed E-state index contributed by atoms with van der Waals surface area (Å²) in [6, 6.07) is 18.9. The summed E-state index contributed by atoms with van der Waals surface area (Å²) < 4.78 is 27.4. The summed E-state index contributed by atoms with van der Waals surface area (Å²) in [5.41, 5.74) is 1.43. The number of carbonyl (C=O) groups is 1. The van der Waals surface area contributed by atoms with Crippen LogP contribution in [-0.4, -0.2) is 20.2 Å². The van der Waals surface area contributed by atoms with Crippen LogP contribution in [0.2, 0.25) is 0 Å². The van der Waals surface area contributed by atoms with Gasteiger partial charge in [0, 0.05) is 6.07 Å². The van der Waals surface area contributed by atoms with E-state index in [1.165, 1.54) is 7.11 Å². The van der Waals surface area contributed by atoms with Crippen LogP contribution >= 0.6 is 0 Å². The van der Waals surface area contributed by atoms with Gasteiger partial charge in [-0.1, -0.05) is 12.1 Å². The molecule has 7 heteroatoms. The largest absolute Gasteiger partial charge is 0.497 e. The quantitative estimate of drug-likeness (QED) is 0.358. The normalized spacial score (nSPS) is 10.6. The van der Waals surface area contributed by atoms with Gasteiger partial charge in [-0.2, -0.15) is 0 Å². The van der Waals surface area contributed by atoms with E-state index < -0.39 is 5.97 Å². The average Bonchev–Trinajstić information content (AvgIpc) is 2.85. The van der Waals surface area contributed by atoms with Crippen molar-refractivity contribution < 1.29 is 28.2 Å². The number of fused-ring (bicyclic) bond motifs is 1. The van der Waals surface area contributed by atoms with Crippen LogP contribution < -0.4 is 19.6 Å². The summed E-state index contributed by atoms with van der Waals surface area (Å²) in [5, 5.41) is 0.371. The Morgan fingerprint density at radius 2 is 1.67 bits per heavy atom. The molecule has 4 rings (SSSR count). The van der Waals surface area contributed by atoms with E-state index in [0.29, 0.717) is 40.4 Å². The molecule has 7 nitrogen and oxygen atoms in total. The van der Waals surface area contributed by atoms with E-state index in [0.717, 1.165) is 11.3 Å². The molecule has 0 aliphatic carbocycles. The first kappa shape index (κ1) is 22.0. The first-order chi connectivity index (χ1) is 16.0. The molecule has 1 heterocycles. The molecule has 1 aromatic heterocycles. The second-order valence-electron chi connectivity index (χ2n) is 7.23. The van der Waals surface area contributed by atoms with Crippen molar-refractivity contribution in [3.05, 3.63) is 93.8 Å². The van der Waals surface area contributed by atoms with Gasteiger partial charge < -0.3 is 23.4 Å². The Balaban J connectivity index is 1.55. The molecule has 0 saturated carbocycles. The molecule has 4 aromatic rings. The van der Waals surface area contributed by atoms with Gasteiger partial charge in [0.25, 0.3) is 0 Å². The fourth-order valence-electron chi connectivity index (χ4n) is 3.30. The molecule has 0 N–H and O–H groups in total. The Bertz CT molecular complexity index is 1350. The molecule has 0 amide bonds. The molecule has 3 aromatic carbocycles. The van der Waals surface area contributed by atoms with E-state index in [9.17, 15) is 9.59 Å². The van der Waals surface area contributed by atoms with Crippen LogP contribution in [0, 0.1) is 6.92 Å². The van der Waals surface area contributed by atoms with Gasteiger partial charge in [-0.05, 0) is 61.0 Å². The summed E-state index contributed by atoms with van der Waals surface area (Å²) in [6.07, 6.45) is 0. The molecule has 0 aliphatic rings. The molecule has 0 spiro atoms. The molecule has 0 saturated heterocycles. The van der Waals surface area contributed by atoms with Crippen LogP contribution in [-0.2, 0) is 11.3 Å². The third-order valence-corrected chi connectivity index (χ3v) is 5.02. The van der Waals surface area contributed by atoms with Crippen molar-refractivity contribution in [3.8, 4) is 23.0 Å². The summed E-state index contributed by atoms with van der Waals surface area (Å²) >= 11 is 0. The zero-order chi connectivity index (χ0) is 23.4. The molecule has 168 valence electrons. The maximum atomic E-state index is 13.0. The number of esters is 1. The molecule has 33 heavy (non-hydrogen) atoms. The fourth-order valence-corrected chi connectivity index (χ4v) is 3.30. The summed E-state index contributed by atoms with van der Waals surface area (Å²) in [6.45, 7) is 2.00. The number of hydrogen-bond acceptors (Lipinski definition) is 7. The van der Waals surface area contributed by atoms with Crippen LogP contribution in [0.15, 0.2) is 75.9 Å². The van der Waals surface area contributed by atoms with E-state index in [1.54, 1.807) is 56.5 Å². The zero-order valence-corrected chi connectivity index (χ0v) is 18.4. The maximum absolute atomic E-state index is 13.0. The zero-order valence-electron chi connectivity index (χ0n) is 18.4. The van der Waals surface area contributed by atoms with Crippen molar-refractivity contribution in [2.24, 2.45) is 0 Å². The van der Waals surface area contributed by atoms with Gasteiger partial charge >= 0.3 is 5.97 Å². The lowest BCUT2D eigenvalue weighted by Gasteiger charge is -2.11. The minimum absolute atomic E-state index is 0.0818. The first-order valence-electron chi connectivity index (χ1n) is 10.2. The molecule has 0 unspecified atom stereocenters. The van der Waals surface area contributed by atoms with E-state index in [1.807, 2.05) is 24.3 Å². The van der Waals surface area contributed by atoms with Crippen molar-refractivity contribution >= 4 is 16.9 Å². The topological polar surface area (TPSA) is 84.2 Å². The van der Waals surface area contributed by atoms with Gasteiger partial charge in [-0.15, -0.1) is 0 Å². The average molecular weight is 446 g/mol. The summed E-state index contributed by atoms with van der Waals surface area (Å²) in [5.74, 6) is 1.68. The maximum Gasteiger partial charge on any atom is 0.337 e. The number of rotatable bonds is 7. The van der Waals surface area contributed by atoms with E-state index >= 15 is 0 Å². The number of carbonyl (C=O) groups excluding carboxylic acids is 1. The Morgan fingerprint density at radius 3 is 2.39 bits per heavy atom. The minimum Gasteiger partial charge on any atom is -0.497 e. The van der Waals surface area contributed by atoms with Crippen LogP contribution in [0.4, 0.5) is 0 Å². The number of ether oxygens (including phenoxy) is 4. The van der Waals surface area contributed by atoms with Crippen molar-refractivity contribution in [3.63, 3.8) is 0 Å². The lowest BCUT2D eigenvalue weighted by Crippen LogP contribution is -2.08. The number of methoxy groups -OCH3 is 2. The molecule has 0 fully saturated rings. The van der Waals surface area contributed by atoms with Gasteiger partial charge in [0.2, 0.25) is 11.2 Å². The van der Waals surface area contributed by atoms with Crippen LogP contribution in [0.25, 0.3) is 11.0 Å². The van der Waals surface area contributed by atoms with Crippen molar-refractivity contribution in [2.75, 3.05) is 14.2 Å². The summed E-state index contributed by atoms with van der Waals surface area (Å²) in [4.78, 5) is 24.6. The molecular formula is C26H22O7. The molecule has 0 radical (unpaired) electrons. The van der Waals surface area contributed by atoms with E-state index in [2.05, 4.69) is 4.74 Å². The van der Waals surface area contributed by atoms with Gasteiger partial charge in [0.15, 0.2) is 0 Å². The summed E-state index contributed by atoms with van der Waals surface area (Å²) in [7, 11) is 2.93. The number of hydrogen-bond donors (Lipinski definition) is 0. The highest BCUT2D eigenvalue weighted by Gasteiger charge is 2.15. The van der Waals surface area contributed by atoms with Crippen LogP contribution in [0.1, 0.15) is 21.7 Å². The van der Waals surface area contributed by atoms with Gasteiger partial charge in [-0.25, -0.2) is 4.79 Å². The Labute approximate surface area is 190 Å². The van der Waals surface area contributed by atoms with Gasteiger partial charge in [-0.3, -0.25) is 4.79 Å². The second-order valence-corrected chi connectivity index (χ2v) is 7.23. The lowest BCUT2D eigenvalue weighted by molar-refractivity contribution is 0.0600. The third kappa shape index (κ3) is 4.82. The highest BCUT2D eigenvalue weighted by molar-refractivity contribution is 5.89. The monoisotopic (exact) mass is 446 g/mol. The van der Waals surface area contributed by atoms with Crippen molar-refractivity contribution in [1.82, 2.24) is 0 Å². The predicted molar refractivity (Wildman–Crippen MR) is 122 cm³/mol. The smallest absolute Gasteiger partial charge is 0.337 e. The number of benzene rings is 3. The SMILES string of the molecule is COC(=O)c1ccc(Oc2c(C)oc3cc(OCc4cccc(OC)c4)ccc3c2=O)cc1. The first-order valence-corrected chi connectivity index (χ1v) is 10.2. The Morgan fingerprint density at radius 1 is 0.909 bits per heavy atom. The van der Waals surface area contributed by atoms with Crippen LogP contribution in [0.5, 0.6) is 23.0 Å². The Hall–Kier alpha value is -4.26. The van der Waals surface area contributed by atoms with Gasteiger partial charge in [0.1, 0.15) is 35.2 Å². The lowest BCUT2D eigenvalue weighted by atomic mass is 10.2. The van der Waals surface area contributed by atoms with E-state index in [4.69, 9.17) is 18.6 Å².